The highest BCUT2D eigenvalue weighted by atomic mass is 19.3. The summed E-state index contributed by atoms with van der Waals surface area (Å²) in [5.41, 5.74) is 0.885. The fraction of sp³-hybridized carbons (Fsp3) is 0.278. The number of ether oxygens (including phenoxy) is 1. The van der Waals surface area contributed by atoms with Gasteiger partial charge in [-0.15, -0.1) is 0 Å². The van der Waals surface area contributed by atoms with Gasteiger partial charge in [0.15, 0.2) is 17.0 Å². The number of halogens is 2. The van der Waals surface area contributed by atoms with Gasteiger partial charge in [0.1, 0.15) is 5.82 Å². The van der Waals surface area contributed by atoms with Crippen molar-refractivity contribution < 1.29 is 13.5 Å². The number of morpholine rings is 1. The van der Waals surface area contributed by atoms with Crippen molar-refractivity contribution in [1.82, 2.24) is 34.3 Å². The van der Waals surface area contributed by atoms with Crippen LogP contribution in [0.1, 0.15) is 6.55 Å². The van der Waals surface area contributed by atoms with Crippen molar-refractivity contribution in [1.29, 1.82) is 0 Å². The molecule has 0 unspecified atom stereocenters. The number of nitrogens with zero attached hydrogens (tertiary/aromatic N) is 8. The first kappa shape index (κ1) is 17.6. The van der Waals surface area contributed by atoms with E-state index in [2.05, 4.69) is 25.0 Å². The summed E-state index contributed by atoms with van der Waals surface area (Å²) in [6.07, 6.45) is 6.31. The van der Waals surface area contributed by atoms with E-state index in [-0.39, 0.29) is 17.4 Å². The van der Waals surface area contributed by atoms with E-state index in [1.807, 2.05) is 4.90 Å². The molecule has 11 heteroatoms. The van der Waals surface area contributed by atoms with Gasteiger partial charge >= 0.3 is 6.55 Å². The average molecular weight is 398 g/mol. The second-order valence-corrected chi connectivity index (χ2v) is 6.39. The van der Waals surface area contributed by atoms with Crippen molar-refractivity contribution in [2.45, 2.75) is 6.55 Å². The van der Waals surface area contributed by atoms with Crippen LogP contribution in [0.25, 0.3) is 28.5 Å². The van der Waals surface area contributed by atoms with Crippen LogP contribution in [0.2, 0.25) is 0 Å². The molecule has 4 aromatic heterocycles. The SMILES string of the molecule is FC(F)n1c(-c2ccncc2)nc2c(N3CCOCC3)nc(-n3cccn3)nc21. The molecule has 1 saturated heterocycles. The number of anilines is 1. The maximum atomic E-state index is 14.1. The fourth-order valence-corrected chi connectivity index (χ4v) is 3.32. The molecule has 0 spiro atoms. The number of aromatic nitrogens is 7. The third-order valence-corrected chi connectivity index (χ3v) is 4.66. The van der Waals surface area contributed by atoms with E-state index in [4.69, 9.17) is 4.74 Å². The molecule has 9 nitrogen and oxygen atoms in total. The van der Waals surface area contributed by atoms with Crippen molar-refractivity contribution in [3.8, 4) is 17.3 Å². The predicted molar refractivity (Wildman–Crippen MR) is 100.0 cm³/mol. The number of rotatable bonds is 4. The molecule has 0 saturated carbocycles. The Hall–Kier alpha value is -3.47. The van der Waals surface area contributed by atoms with Crippen LogP contribution in [0.5, 0.6) is 0 Å². The Morgan fingerprint density at radius 3 is 2.48 bits per heavy atom. The normalized spacial score (nSPS) is 14.8. The third-order valence-electron chi connectivity index (χ3n) is 4.66. The highest BCUT2D eigenvalue weighted by Gasteiger charge is 2.27. The minimum Gasteiger partial charge on any atom is -0.378 e. The Morgan fingerprint density at radius 2 is 1.79 bits per heavy atom. The zero-order valence-electron chi connectivity index (χ0n) is 15.2. The first-order valence-electron chi connectivity index (χ1n) is 9.03. The second-order valence-electron chi connectivity index (χ2n) is 6.39. The van der Waals surface area contributed by atoms with E-state index in [0.717, 1.165) is 4.57 Å². The van der Waals surface area contributed by atoms with Gasteiger partial charge in [0.05, 0.1) is 13.2 Å². The van der Waals surface area contributed by atoms with Crippen molar-refractivity contribution in [2.24, 2.45) is 0 Å². The van der Waals surface area contributed by atoms with Crippen LogP contribution in [0.3, 0.4) is 0 Å². The molecule has 0 aliphatic carbocycles. The van der Waals surface area contributed by atoms with E-state index < -0.39 is 6.55 Å². The van der Waals surface area contributed by atoms with Gasteiger partial charge < -0.3 is 9.64 Å². The van der Waals surface area contributed by atoms with Crippen molar-refractivity contribution in [3.63, 3.8) is 0 Å². The monoisotopic (exact) mass is 398 g/mol. The molecular formula is C18H16F2N8O. The smallest absolute Gasteiger partial charge is 0.321 e. The summed E-state index contributed by atoms with van der Waals surface area (Å²) < 4.78 is 35.9. The van der Waals surface area contributed by atoms with Crippen molar-refractivity contribution in [2.75, 3.05) is 31.2 Å². The Bertz CT molecular complexity index is 1120. The molecule has 0 N–H and O–H groups in total. The first-order valence-corrected chi connectivity index (χ1v) is 9.03. The van der Waals surface area contributed by atoms with E-state index in [1.165, 1.54) is 17.1 Å². The van der Waals surface area contributed by atoms with E-state index >= 15 is 0 Å². The quantitative estimate of drug-likeness (QED) is 0.521. The standard InChI is InChI=1S/C18H16F2N8O/c19-17(20)28-14(12-2-5-21-6-3-12)23-13-15(26-8-10-29-11-9-26)24-18(25-16(13)28)27-7-1-4-22-27/h1-7,17H,8-11H2. The summed E-state index contributed by atoms with van der Waals surface area (Å²) in [7, 11) is 0. The van der Waals surface area contributed by atoms with Crippen LogP contribution in [-0.4, -0.2) is 60.6 Å². The van der Waals surface area contributed by atoms with Gasteiger partial charge in [0.25, 0.3) is 5.95 Å². The molecule has 148 valence electrons. The number of pyridine rings is 1. The average Bonchev–Trinajstić information content (AvgIpc) is 3.42. The second kappa shape index (κ2) is 7.17. The summed E-state index contributed by atoms with van der Waals surface area (Å²) in [5.74, 6) is 0.796. The molecule has 4 aromatic rings. The van der Waals surface area contributed by atoms with Crippen LogP contribution in [-0.2, 0) is 4.74 Å². The molecular weight excluding hydrogens is 382 g/mol. The lowest BCUT2D eigenvalue weighted by Crippen LogP contribution is -2.37. The predicted octanol–water partition coefficient (Wildman–Crippen LogP) is 2.31. The Morgan fingerprint density at radius 1 is 1.00 bits per heavy atom. The molecule has 1 fully saturated rings. The molecule has 0 atom stereocenters. The molecule has 0 aromatic carbocycles. The van der Waals surface area contributed by atoms with E-state index in [1.54, 1.807) is 30.6 Å². The molecule has 1 aliphatic heterocycles. The van der Waals surface area contributed by atoms with Crippen LogP contribution >= 0.6 is 0 Å². The van der Waals surface area contributed by atoms with Gasteiger partial charge in [-0.2, -0.15) is 23.8 Å². The van der Waals surface area contributed by atoms with Gasteiger partial charge in [0, 0.05) is 43.4 Å². The van der Waals surface area contributed by atoms with Gasteiger partial charge in [-0.25, -0.2) is 14.2 Å². The Labute approximate surface area is 163 Å². The molecule has 0 amide bonds. The molecule has 0 bridgehead atoms. The Kier molecular flexibility index (Phi) is 4.35. The van der Waals surface area contributed by atoms with Crippen molar-refractivity contribution >= 4 is 17.0 Å². The van der Waals surface area contributed by atoms with E-state index in [0.29, 0.717) is 43.2 Å². The lowest BCUT2D eigenvalue weighted by atomic mass is 10.2. The minimum absolute atomic E-state index is 0.0498. The van der Waals surface area contributed by atoms with Crippen LogP contribution in [0.4, 0.5) is 14.6 Å². The zero-order chi connectivity index (χ0) is 19.8. The summed E-state index contributed by atoms with van der Waals surface area (Å²) in [6, 6.07) is 4.99. The summed E-state index contributed by atoms with van der Waals surface area (Å²) in [5, 5.41) is 4.14. The number of hydrogen-bond acceptors (Lipinski definition) is 7. The number of alkyl halides is 2. The Balaban J connectivity index is 1.79. The van der Waals surface area contributed by atoms with Gasteiger partial charge in [-0.3, -0.25) is 4.98 Å². The first-order chi connectivity index (χ1) is 14.2. The fourth-order valence-electron chi connectivity index (χ4n) is 3.32. The highest BCUT2D eigenvalue weighted by Crippen LogP contribution is 2.33. The molecule has 5 rings (SSSR count). The summed E-state index contributed by atoms with van der Waals surface area (Å²) >= 11 is 0. The van der Waals surface area contributed by atoms with Gasteiger partial charge in [-0.05, 0) is 18.2 Å². The lowest BCUT2D eigenvalue weighted by molar-refractivity contribution is 0.0758. The lowest BCUT2D eigenvalue weighted by Gasteiger charge is -2.28. The highest BCUT2D eigenvalue weighted by molar-refractivity contribution is 5.87. The minimum atomic E-state index is -2.83. The summed E-state index contributed by atoms with van der Waals surface area (Å²) in [4.78, 5) is 19.4. The third kappa shape index (κ3) is 3.09. The number of imidazole rings is 1. The topological polar surface area (TPSA) is 86.8 Å². The molecule has 5 heterocycles. The molecule has 0 radical (unpaired) electrons. The van der Waals surface area contributed by atoms with Crippen molar-refractivity contribution in [3.05, 3.63) is 43.0 Å². The van der Waals surface area contributed by atoms with Gasteiger partial charge in [0.2, 0.25) is 0 Å². The number of fused-ring (bicyclic) bond motifs is 1. The molecule has 29 heavy (non-hydrogen) atoms. The molecule has 1 aliphatic rings. The summed E-state index contributed by atoms with van der Waals surface area (Å²) in [6.45, 7) is -0.626. The van der Waals surface area contributed by atoms with E-state index in [9.17, 15) is 8.78 Å². The van der Waals surface area contributed by atoms with Gasteiger partial charge in [-0.1, -0.05) is 0 Å². The van der Waals surface area contributed by atoms with Crippen LogP contribution < -0.4 is 4.90 Å². The zero-order valence-corrected chi connectivity index (χ0v) is 15.2. The van der Waals surface area contributed by atoms with Crippen LogP contribution in [0, 0.1) is 0 Å². The van der Waals surface area contributed by atoms with Crippen LogP contribution in [0.15, 0.2) is 43.0 Å². The maximum absolute atomic E-state index is 14.1. The maximum Gasteiger partial charge on any atom is 0.321 e. The number of hydrogen-bond donors (Lipinski definition) is 0. The largest absolute Gasteiger partial charge is 0.378 e.